The minimum Gasteiger partial charge on any atom is -0.381 e. The van der Waals surface area contributed by atoms with E-state index in [1.165, 1.54) is 6.07 Å². The first-order valence-corrected chi connectivity index (χ1v) is 6.26. The minimum atomic E-state index is -0.260. The Bertz CT molecular complexity index is 366. The predicted octanol–water partition coefficient (Wildman–Crippen LogP) is 3.01. The van der Waals surface area contributed by atoms with Gasteiger partial charge in [0.05, 0.1) is 11.1 Å². The molecular weight excluding hydrogens is 273 g/mol. The maximum Gasteiger partial charge on any atom is 0.137 e. The zero-order valence-corrected chi connectivity index (χ0v) is 10.5. The van der Waals surface area contributed by atoms with Crippen LogP contribution in [0.4, 0.5) is 4.39 Å². The van der Waals surface area contributed by atoms with Crippen LogP contribution >= 0.6 is 15.9 Å². The van der Waals surface area contributed by atoms with E-state index in [1.54, 1.807) is 6.07 Å². The van der Waals surface area contributed by atoms with Crippen molar-refractivity contribution in [2.75, 3.05) is 13.2 Å². The number of benzene rings is 1. The summed E-state index contributed by atoms with van der Waals surface area (Å²) in [4.78, 5) is 0. The lowest BCUT2D eigenvalue weighted by Gasteiger charge is -2.27. The molecule has 2 nitrogen and oxygen atoms in total. The largest absolute Gasteiger partial charge is 0.381 e. The summed E-state index contributed by atoms with van der Waals surface area (Å²) in [6.07, 6.45) is 2.09. The number of hydrogen-bond donors (Lipinski definition) is 1. The molecule has 1 aromatic carbocycles. The molecule has 0 bridgehead atoms. The first-order valence-electron chi connectivity index (χ1n) is 5.47. The Morgan fingerprint density at radius 3 is 2.94 bits per heavy atom. The van der Waals surface area contributed by atoms with Gasteiger partial charge in [0.2, 0.25) is 0 Å². The highest BCUT2D eigenvalue weighted by Crippen LogP contribution is 2.28. The molecule has 0 spiro atoms. The van der Waals surface area contributed by atoms with Crippen molar-refractivity contribution in [2.45, 2.75) is 18.9 Å². The van der Waals surface area contributed by atoms with Crippen molar-refractivity contribution in [3.63, 3.8) is 0 Å². The van der Waals surface area contributed by atoms with Crippen LogP contribution in [0.1, 0.15) is 24.4 Å². The molecule has 16 heavy (non-hydrogen) atoms. The maximum absolute atomic E-state index is 13.4. The third kappa shape index (κ3) is 2.62. The lowest BCUT2D eigenvalue weighted by atomic mass is 9.89. The molecule has 4 heteroatoms. The quantitative estimate of drug-likeness (QED) is 0.908. The fourth-order valence-corrected chi connectivity index (χ4v) is 2.29. The molecule has 1 aromatic rings. The van der Waals surface area contributed by atoms with Crippen molar-refractivity contribution in [1.29, 1.82) is 0 Å². The van der Waals surface area contributed by atoms with E-state index in [9.17, 15) is 4.39 Å². The Hall–Kier alpha value is -0.450. The molecule has 1 fully saturated rings. The first-order chi connectivity index (χ1) is 7.68. The molecule has 0 aliphatic carbocycles. The lowest BCUT2D eigenvalue weighted by molar-refractivity contribution is 0.0447. The second kappa shape index (κ2) is 5.25. The van der Waals surface area contributed by atoms with Gasteiger partial charge < -0.3 is 10.5 Å². The van der Waals surface area contributed by atoms with E-state index in [4.69, 9.17) is 10.5 Å². The zero-order valence-electron chi connectivity index (χ0n) is 8.96. The summed E-state index contributed by atoms with van der Waals surface area (Å²) in [6.45, 7) is 1.50. The lowest BCUT2D eigenvalue weighted by Crippen LogP contribution is -2.29. The Balaban J connectivity index is 2.12. The molecule has 1 heterocycles. The van der Waals surface area contributed by atoms with Crippen LogP contribution in [0.15, 0.2) is 22.7 Å². The number of nitrogens with two attached hydrogens (primary N) is 1. The van der Waals surface area contributed by atoms with E-state index in [-0.39, 0.29) is 11.9 Å². The molecule has 0 saturated carbocycles. The van der Waals surface area contributed by atoms with Crippen LogP contribution in [-0.4, -0.2) is 13.2 Å². The van der Waals surface area contributed by atoms with Crippen molar-refractivity contribution in [2.24, 2.45) is 11.7 Å². The maximum atomic E-state index is 13.4. The van der Waals surface area contributed by atoms with Crippen molar-refractivity contribution >= 4 is 15.9 Å². The van der Waals surface area contributed by atoms with E-state index >= 15 is 0 Å². The number of hydrogen-bond acceptors (Lipinski definition) is 2. The van der Waals surface area contributed by atoms with Crippen LogP contribution in [0.25, 0.3) is 0 Å². The van der Waals surface area contributed by atoms with Crippen LogP contribution in [0, 0.1) is 11.7 Å². The van der Waals surface area contributed by atoms with E-state index in [0.29, 0.717) is 17.0 Å². The SMILES string of the molecule is NC(c1ccc(Br)c(F)c1)C1CCCOC1. The molecule has 2 N–H and O–H groups in total. The smallest absolute Gasteiger partial charge is 0.137 e. The second-order valence-electron chi connectivity index (χ2n) is 4.18. The van der Waals surface area contributed by atoms with Gasteiger partial charge in [0.25, 0.3) is 0 Å². The van der Waals surface area contributed by atoms with Gasteiger partial charge >= 0.3 is 0 Å². The van der Waals surface area contributed by atoms with Crippen LogP contribution in [0.5, 0.6) is 0 Å². The molecule has 1 aliphatic rings. The number of rotatable bonds is 2. The van der Waals surface area contributed by atoms with E-state index in [0.717, 1.165) is 25.0 Å². The molecule has 0 amide bonds. The third-order valence-corrected chi connectivity index (χ3v) is 3.68. The summed E-state index contributed by atoms with van der Waals surface area (Å²) in [6, 6.07) is 4.94. The van der Waals surface area contributed by atoms with Crippen LogP contribution in [-0.2, 0) is 4.74 Å². The molecule has 0 aromatic heterocycles. The highest BCUT2D eigenvalue weighted by atomic mass is 79.9. The van der Waals surface area contributed by atoms with Gasteiger partial charge in [-0.05, 0) is 46.5 Å². The predicted molar refractivity (Wildman–Crippen MR) is 64.6 cm³/mol. The van der Waals surface area contributed by atoms with E-state index in [2.05, 4.69) is 15.9 Å². The zero-order chi connectivity index (χ0) is 11.5. The standard InChI is InChI=1S/C12H15BrFNO/c13-10-4-3-8(6-11(10)14)12(15)9-2-1-5-16-7-9/h3-4,6,9,12H,1-2,5,7,15H2. The second-order valence-corrected chi connectivity index (χ2v) is 5.03. The number of halogens is 2. The molecule has 2 unspecified atom stereocenters. The molecule has 1 saturated heterocycles. The van der Waals surface area contributed by atoms with Crippen LogP contribution in [0.3, 0.4) is 0 Å². The van der Waals surface area contributed by atoms with Gasteiger partial charge in [0.15, 0.2) is 0 Å². The summed E-state index contributed by atoms with van der Waals surface area (Å²) in [5, 5.41) is 0. The third-order valence-electron chi connectivity index (χ3n) is 3.03. The van der Waals surface area contributed by atoms with Crippen molar-refractivity contribution < 1.29 is 9.13 Å². The van der Waals surface area contributed by atoms with Crippen molar-refractivity contribution in [1.82, 2.24) is 0 Å². The highest BCUT2D eigenvalue weighted by molar-refractivity contribution is 9.10. The van der Waals surface area contributed by atoms with E-state index < -0.39 is 0 Å². The Morgan fingerprint density at radius 1 is 1.50 bits per heavy atom. The van der Waals surface area contributed by atoms with Gasteiger partial charge in [0.1, 0.15) is 5.82 Å². The van der Waals surface area contributed by atoms with Crippen LogP contribution < -0.4 is 5.73 Å². The van der Waals surface area contributed by atoms with Gasteiger partial charge in [-0.25, -0.2) is 4.39 Å². The summed E-state index contributed by atoms with van der Waals surface area (Å²) in [5.74, 6) is 0.0407. The van der Waals surface area contributed by atoms with Gasteiger partial charge in [-0.15, -0.1) is 0 Å². The molecule has 0 radical (unpaired) electrons. The van der Waals surface area contributed by atoms with Crippen molar-refractivity contribution in [3.8, 4) is 0 Å². The number of ether oxygens (including phenoxy) is 1. The summed E-state index contributed by atoms with van der Waals surface area (Å²) < 4.78 is 19.2. The van der Waals surface area contributed by atoms with E-state index in [1.807, 2.05) is 6.07 Å². The van der Waals surface area contributed by atoms with Crippen molar-refractivity contribution in [3.05, 3.63) is 34.1 Å². The normalized spacial score (nSPS) is 23.1. The van der Waals surface area contributed by atoms with Gasteiger partial charge in [-0.2, -0.15) is 0 Å². The van der Waals surface area contributed by atoms with Gasteiger partial charge in [-0.3, -0.25) is 0 Å². The minimum absolute atomic E-state index is 0.136. The molecule has 2 atom stereocenters. The average molecular weight is 288 g/mol. The molecule has 1 aliphatic heterocycles. The molecule has 88 valence electrons. The molecule has 2 rings (SSSR count). The Labute approximate surface area is 103 Å². The fourth-order valence-electron chi connectivity index (χ4n) is 2.04. The van der Waals surface area contributed by atoms with Gasteiger partial charge in [-0.1, -0.05) is 6.07 Å². The Kier molecular flexibility index (Phi) is 3.95. The summed E-state index contributed by atoms with van der Waals surface area (Å²) >= 11 is 3.13. The molecular formula is C12H15BrFNO. The monoisotopic (exact) mass is 287 g/mol. The van der Waals surface area contributed by atoms with Crippen LogP contribution in [0.2, 0.25) is 0 Å². The summed E-state index contributed by atoms with van der Waals surface area (Å²) in [7, 11) is 0. The van der Waals surface area contributed by atoms with Gasteiger partial charge in [0, 0.05) is 18.6 Å². The highest BCUT2D eigenvalue weighted by Gasteiger charge is 2.22. The summed E-state index contributed by atoms with van der Waals surface area (Å²) in [5.41, 5.74) is 6.97. The first kappa shape index (κ1) is 12.0. The fraction of sp³-hybridized carbons (Fsp3) is 0.500. The average Bonchev–Trinajstić information content (AvgIpc) is 2.33. The topological polar surface area (TPSA) is 35.2 Å². The Morgan fingerprint density at radius 2 is 2.31 bits per heavy atom.